The lowest BCUT2D eigenvalue weighted by molar-refractivity contribution is 0.198. The van der Waals surface area contributed by atoms with Crippen LogP contribution in [0, 0.1) is 0 Å². The molecule has 0 heterocycles. The minimum Gasteiger partial charge on any atom is -0.495 e. The molecule has 0 saturated carbocycles. The molecule has 1 aromatic rings. The SMILES string of the molecule is COCCNC(=O)Nc1cc(OC)c(Cl)cc1OC. The summed E-state index contributed by atoms with van der Waals surface area (Å²) >= 11 is 5.97. The van der Waals surface area contributed by atoms with E-state index in [1.54, 1.807) is 19.2 Å². The van der Waals surface area contributed by atoms with Crippen LogP contribution in [0.5, 0.6) is 11.5 Å². The highest BCUT2D eigenvalue weighted by Crippen LogP contribution is 2.35. The monoisotopic (exact) mass is 288 g/mol. The maximum absolute atomic E-state index is 11.6. The molecular formula is C12H17ClN2O4. The zero-order valence-electron chi connectivity index (χ0n) is 11.1. The molecule has 7 heteroatoms. The summed E-state index contributed by atoms with van der Waals surface area (Å²) in [4.78, 5) is 11.6. The molecule has 0 fully saturated rings. The van der Waals surface area contributed by atoms with Crippen LogP contribution in [0.2, 0.25) is 5.02 Å². The Morgan fingerprint density at radius 2 is 1.89 bits per heavy atom. The Kier molecular flexibility index (Phi) is 6.24. The van der Waals surface area contributed by atoms with Gasteiger partial charge in [0.15, 0.2) is 0 Å². The van der Waals surface area contributed by atoms with Crippen LogP contribution in [0.4, 0.5) is 10.5 Å². The number of rotatable bonds is 6. The van der Waals surface area contributed by atoms with Crippen molar-refractivity contribution in [1.29, 1.82) is 0 Å². The topological polar surface area (TPSA) is 68.8 Å². The second kappa shape index (κ2) is 7.70. The first-order valence-corrected chi connectivity index (χ1v) is 5.95. The fraction of sp³-hybridized carbons (Fsp3) is 0.417. The van der Waals surface area contributed by atoms with Gasteiger partial charge >= 0.3 is 6.03 Å². The van der Waals surface area contributed by atoms with Crippen LogP contribution in [-0.4, -0.2) is 40.5 Å². The molecule has 0 bridgehead atoms. The summed E-state index contributed by atoms with van der Waals surface area (Å²) in [5, 5.41) is 5.69. The van der Waals surface area contributed by atoms with Crippen LogP contribution in [0.15, 0.2) is 12.1 Å². The first kappa shape index (κ1) is 15.4. The molecule has 1 rings (SSSR count). The Balaban J connectivity index is 2.78. The molecular weight excluding hydrogens is 272 g/mol. The van der Waals surface area contributed by atoms with Gasteiger partial charge in [-0.05, 0) is 0 Å². The Labute approximate surface area is 117 Å². The summed E-state index contributed by atoms with van der Waals surface area (Å²) in [5.41, 5.74) is 0.471. The summed E-state index contributed by atoms with van der Waals surface area (Å²) in [6, 6.07) is 2.81. The molecule has 0 atom stereocenters. The normalized spacial score (nSPS) is 9.89. The first-order chi connectivity index (χ1) is 9.12. The van der Waals surface area contributed by atoms with Gasteiger partial charge in [0.25, 0.3) is 0 Å². The van der Waals surface area contributed by atoms with E-state index in [0.29, 0.717) is 35.4 Å². The van der Waals surface area contributed by atoms with Gasteiger partial charge in [0, 0.05) is 25.8 Å². The van der Waals surface area contributed by atoms with Crippen molar-refractivity contribution < 1.29 is 19.0 Å². The minimum absolute atomic E-state index is 0.361. The van der Waals surface area contributed by atoms with Gasteiger partial charge in [-0.15, -0.1) is 0 Å². The molecule has 0 radical (unpaired) electrons. The summed E-state index contributed by atoms with van der Waals surface area (Å²) in [6.07, 6.45) is 0. The standard InChI is InChI=1S/C12H17ClN2O4/c1-17-5-4-14-12(16)15-9-7-10(18-2)8(13)6-11(9)19-3/h6-7H,4-5H2,1-3H3,(H2,14,15,16). The molecule has 106 valence electrons. The van der Waals surface area contributed by atoms with Crippen molar-refractivity contribution in [2.24, 2.45) is 0 Å². The zero-order chi connectivity index (χ0) is 14.3. The second-order valence-corrected chi connectivity index (χ2v) is 3.97. The van der Waals surface area contributed by atoms with Gasteiger partial charge in [0.05, 0.1) is 31.5 Å². The Morgan fingerprint density at radius 3 is 2.47 bits per heavy atom. The molecule has 0 saturated heterocycles. The lowest BCUT2D eigenvalue weighted by Gasteiger charge is -2.13. The van der Waals surface area contributed by atoms with Crippen LogP contribution < -0.4 is 20.1 Å². The number of hydrogen-bond acceptors (Lipinski definition) is 4. The third-order valence-corrected chi connectivity index (χ3v) is 2.61. The number of anilines is 1. The highest BCUT2D eigenvalue weighted by atomic mass is 35.5. The largest absolute Gasteiger partial charge is 0.495 e. The maximum Gasteiger partial charge on any atom is 0.319 e. The molecule has 0 aliphatic carbocycles. The number of benzene rings is 1. The maximum atomic E-state index is 11.6. The Bertz CT molecular complexity index is 440. The number of ether oxygens (including phenoxy) is 3. The summed E-state index contributed by atoms with van der Waals surface area (Å²) < 4.78 is 15.1. The van der Waals surface area contributed by atoms with E-state index in [4.69, 9.17) is 25.8 Å². The van der Waals surface area contributed by atoms with E-state index in [2.05, 4.69) is 10.6 Å². The average molecular weight is 289 g/mol. The highest BCUT2D eigenvalue weighted by Gasteiger charge is 2.12. The lowest BCUT2D eigenvalue weighted by atomic mass is 10.2. The van der Waals surface area contributed by atoms with Crippen molar-refractivity contribution >= 4 is 23.3 Å². The van der Waals surface area contributed by atoms with E-state index in [1.807, 2.05) is 0 Å². The smallest absolute Gasteiger partial charge is 0.319 e. The molecule has 19 heavy (non-hydrogen) atoms. The quantitative estimate of drug-likeness (QED) is 0.787. The average Bonchev–Trinajstić information content (AvgIpc) is 2.40. The van der Waals surface area contributed by atoms with Crippen LogP contribution >= 0.6 is 11.6 Å². The van der Waals surface area contributed by atoms with Gasteiger partial charge in [0.2, 0.25) is 0 Å². The highest BCUT2D eigenvalue weighted by molar-refractivity contribution is 6.32. The van der Waals surface area contributed by atoms with Crippen molar-refractivity contribution in [1.82, 2.24) is 5.32 Å². The van der Waals surface area contributed by atoms with Gasteiger partial charge in [-0.3, -0.25) is 0 Å². The molecule has 2 amide bonds. The summed E-state index contributed by atoms with van der Waals surface area (Å²) in [6.45, 7) is 0.851. The summed E-state index contributed by atoms with van der Waals surface area (Å²) in [7, 11) is 4.55. The van der Waals surface area contributed by atoms with Crippen molar-refractivity contribution in [2.45, 2.75) is 0 Å². The van der Waals surface area contributed by atoms with E-state index in [-0.39, 0.29) is 6.03 Å². The van der Waals surface area contributed by atoms with Gasteiger partial charge in [-0.2, -0.15) is 0 Å². The predicted molar refractivity (Wildman–Crippen MR) is 73.5 cm³/mol. The zero-order valence-corrected chi connectivity index (χ0v) is 11.8. The number of halogens is 1. The van der Waals surface area contributed by atoms with Gasteiger partial charge < -0.3 is 24.8 Å². The second-order valence-electron chi connectivity index (χ2n) is 3.56. The number of carbonyl (C=O) groups excluding carboxylic acids is 1. The third kappa shape index (κ3) is 4.50. The van der Waals surface area contributed by atoms with Crippen molar-refractivity contribution in [3.63, 3.8) is 0 Å². The lowest BCUT2D eigenvalue weighted by Crippen LogP contribution is -2.31. The van der Waals surface area contributed by atoms with Crippen LogP contribution in [0.1, 0.15) is 0 Å². The molecule has 0 spiro atoms. The number of nitrogens with one attached hydrogen (secondary N) is 2. The van der Waals surface area contributed by atoms with Gasteiger partial charge in [-0.25, -0.2) is 4.79 Å². The first-order valence-electron chi connectivity index (χ1n) is 5.57. The van der Waals surface area contributed by atoms with Crippen molar-refractivity contribution in [3.8, 4) is 11.5 Å². The van der Waals surface area contributed by atoms with E-state index in [1.165, 1.54) is 14.2 Å². The van der Waals surface area contributed by atoms with Gasteiger partial charge in [-0.1, -0.05) is 11.6 Å². The van der Waals surface area contributed by atoms with E-state index in [0.717, 1.165) is 0 Å². The molecule has 1 aromatic carbocycles. The van der Waals surface area contributed by atoms with Gasteiger partial charge in [0.1, 0.15) is 11.5 Å². The minimum atomic E-state index is -0.361. The van der Waals surface area contributed by atoms with E-state index >= 15 is 0 Å². The number of methoxy groups -OCH3 is 3. The third-order valence-electron chi connectivity index (χ3n) is 2.31. The number of urea groups is 1. The fourth-order valence-corrected chi connectivity index (χ4v) is 1.62. The molecule has 6 nitrogen and oxygen atoms in total. The molecule has 2 N–H and O–H groups in total. The van der Waals surface area contributed by atoms with Crippen molar-refractivity contribution in [3.05, 3.63) is 17.2 Å². The Morgan fingerprint density at radius 1 is 1.21 bits per heavy atom. The molecule has 0 aliphatic heterocycles. The Hall–Kier alpha value is -1.66. The van der Waals surface area contributed by atoms with Crippen LogP contribution in [0.3, 0.4) is 0 Å². The molecule has 0 aromatic heterocycles. The van der Waals surface area contributed by atoms with Crippen LogP contribution in [0.25, 0.3) is 0 Å². The van der Waals surface area contributed by atoms with E-state index in [9.17, 15) is 4.79 Å². The number of amides is 2. The number of carbonyl (C=O) groups is 1. The molecule has 0 aliphatic rings. The number of hydrogen-bond donors (Lipinski definition) is 2. The van der Waals surface area contributed by atoms with Crippen molar-refractivity contribution in [2.75, 3.05) is 39.8 Å². The molecule has 0 unspecified atom stereocenters. The predicted octanol–water partition coefficient (Wildman–Crippen LogP) is 2.13. The summed E-state index contributed by atoms with van der Waals surface area (Å²) in [5.74, 6) is 0.905. The van der Waals surface area contributed by atoms with Crippen LogP contribution in [-0.2, 0) is 4.74 Å². The fourth-order valence-electron chi connectivity index (χ4n) is 1.39. The van der Waals surface area contributed by atoms with E-state index < -0.39 is 0 Å².